The Bertz CT molecular complexity index is 985. The summed E-state index contributed by atoms with van der Waals surface area (Å²) in [6.07, 6.45) is -0.709. The van der Waals surface area contributed by atoms with Gasteiger partial charge in [0.2, 0.25) is 0 Å². The lowest BCUT2D eigenvalue weighted by Gasteiger charge is -2.11. The summed E-state index contributed by atoms with van der Waals surface area (Å²) >= 11 is 3.07. The fraction of sp³-hybridized carbons (Fsp3) is 0.105. The molecule has 1 amide bonds. The first-order chi connectivity index (χ1) is 11.7. The number of hydrogen-bond donors (Lipinski definition) is 2. The number of amides is 1. The summed E-state index contributed by atoms with van der Waals surface area (Å²) < 4.78 is 2.23. The Labute approximate surface area is 147 Å². The largest absolute Gasteiger partial charge is 0.387 e. The van der Waals surface area contributed by atoms with E-state index in [9.17, 15) is 9.90 Å². The summed E-state index contributed by atoms with van der Waals surface area (Å²) in [5, 5.41) is 17.4. The van der Waals surface area contributed by atoms with E-state index >= 15 is 0 Å². The highest BCUT2D eigenvalue weighted by molar-refractivity contribution is 7.20. The van der Waals surface area contributed by atoms with E-state index < -0.39 is 6.10 Å². The molecule has 0 radical (unpaired) electrons. The van der Waals surface area contributed by atoms with Crippen LogP contribution in [0, 0.1) is 0 Å². The van der Waals surface area contributed by atoms with E-state index in [1.807, 2.05) is 60.0 Å². The van der Waals surface area contributed by atoms with Crippen molar-refractivity contribution in [2.24, 2.45) is 0 Å². The Balaban J connectivity index is 1.48. The van der Waals surface area contributed by atoms with Gasteiger partial charge in [0.1, 0.15) is 0 Å². The molecule has 0 saturated carbocycles. The second-order valence-electron chi connectivity index (χ2n) is 5.56. The second kappa shape index (κ2) is 6.36. The lowest BCUT2D eigenvalue weighted by molar-refractivity contribution is 0.0921. The van der Waals surface area contributed by atoms with Crippen LogP contribution in [0.1, 0.15) is 21.3 Å². The number of thiophene rings is 2. The fourth-order valence-electron chi connectivity index (χ4n) is 2.74. The van der Waals surface area contributed by atoms with Crippen LogP contribution in [0.15, 0.2) is 60.0 Å². The Kier molecular flexibility index (Phi) is 4.06. The minimum atomic E-state index is -0.709. The second-order valence-corrected chi connectivity index (χ2v) is 7.56. The van der Waals surface area contributed by atoms with Crippen LogP contribution in [0.25, 0.3) is 20.2 Å². The number of aliphatic hydroxyl groups excluding tert-OH is 1. The smallest absolute Gasteiger partial charge is 0.261 e. The molecule has 5 heteroatoms. The van der Waals surface area contributed by atoms with Crippen molar-refractivity contribution in [3.63, 3.8) is 0 Å². The van der Waals surface area contributed by atoms with E-state index in [-0.39, 0.29) is 12.5 Å². The van der Waals surface area contributed by atoms with Gasteiger partial charge in [0, 0.05) is 21.5 Å². The predicted octanol–water partition coefficient (Wildman–Crippen LogP) is 4.58. The van der Waals surface area contributed by atoms with Gasteiger partial charge in [-0.15, -0.1) is 22.7 Å². The fourth-order valence-corrected chi connectivity index (χ4v) is 4.72. The van der Waals surface area contributed by atoms with Crippen LogP contribution in [0.3, 0.4) is 0 Å². The molecule has 0 aliphatic rings. The molecule has 4 rings (SSSR count). The monoisotopic (exact) mass is 353 g/mol. The summed E-state index contributed by atoms with van der Waals surface area (Å²) in [7, 11) is 0. The molecule has 2 heterocycles. The van der Waals surface area contributed by atoms with E-state index in [2.05, 4.69) is 5.32 Å². The van der Waals surface area contributed by atoms with Crippen molar-refractivity contribution < 1.29 is 9.90 Å². The molecule has 24 heavy (non-hydrogen) atoms. The third-order valence-electron chi connectivity index (χ3n) is 3.98. The number of benzene rings is 2. The van der Waals surface area contributed by atoms with E-state index in [0.717, 1.165) is 25.7 Å². The van der Waals surface area contributed by atoms with Gasteiger partial charge in [-0.1, -0.05) is 36.4 Å². The number of rotatable bonds is 4. The highest BCUT2D eigenvalue weighted by Gasteiger charge is 2.16. The zero-order valence-electron chi connectivity index (χ0n) is 12.7. The average Bonchev–Trinajstić information content (AvgIpc) is 3.23. The Morgan fingerprint density at radius 1 is 1.08 bits per heavy atom. The molecule has 0 saturated heterocycles. The van der Waals surface area contributed by atoms with E-state index in [4.69, 9.17) is 0 Å². The molecule has 0 fully saturated rings. The number of nitrogens with one attached hydrogen (secondary N) is 1. The first kappa shape index (κ1) is 15.3. The number of carbonyl (C=O) groups is 1. The van der Waals surface area contributed by atoms with Gasteiger partial charge in [-0.2, -0.15) is 0 Å². The molecule has 2 aromatic carbocycles. The number of hydrogen-bond acceptors (Lipinski definition) is 4. The molecule has 0 aliphatic carbocycles. The van der Waals surface area contributed by atoms with E-state index in [1.165, 1.54) is 11.3 Å². The third-order valence-corrected chi connectivity index (χ3v) is 6.07. The molecule has 1 unspecified atom stereocenters. The molecule has 1 atom stereocenters. The van der Waals surface area contributed by atoms with Gasteiger partial charge in [0.15, 0.2) is 0 Å². The van der Waals surface area contributed by atoms with Gasteiger partial charge in [0.25, 0.3) is 5.91 Å². The van der Waals surface area contributed by atoms with Crippen molar-refractivity contribution in [2.75, 3.05) is 6.54 Å². The SMILES string of the molecule is O=C(NCC(O)c1csc2ccccc12)c1cc2ccccc2s1. The van der Waals surface area contributed by atoms with Gasteiger partial charge in [-0.05, 0) is 34.4 Å². The zero-order valence-corrected chi connectivity index (χ0v) is 14.4. The van der Waals surface area contributed by atoms with Gasteiger partial charge >= 0.3 is 0 Å². The van der Waals surface area contributed by atoms with Gasteiger partial charge in [0.05, 0.1) is 11.0 Å². The first-order valence-corrected chi connectivity index (χ1v) is 9.33. The van der Waals surface area contributed by atoms with E-state index in [1.54, 1.807) is 11.3 Å². The topological polar surface area (TPSA) is 49.3 Å². The lowest BCUT2D eigenvalue weighted by atomic mass is 10.1. The standard InChI is InChI=1S/C19H15NO2S2/c21-15(14-11-23-17-8-4-2-6-13(14)17)10-20-19(22)18-9-12-5-1-3-7-16(12)24-18/h1-9,11,15,21H,10H2,(H,20,22). The van der Waals surface area contributed by atoms with E-state index in [0.29, 0.717) is 4.88 Å². The highest BCUT2D eigenvalue weighted by atomic mass is 32.1. The molecular formula is C19H15NO2S2. The minimum absolute atomic E-state index is 0.144. The molecule has 0 spiro atoms. The lowest BCUT2D eigenvalue weighted by Crippen LogP contribution is -2.27. The molecule has 120 valence electrons. The summed E-state index contributed by atoms with van der Waals surface area (Å²) in [4.78, 5) is 13.0. The number of fused-ring (bicyclic) bond motifs is 2. The third kappa shape index (κ3) is 2.82. The van der Waals surface area contributed by atoms with Crippen LogP contribution < -0.4 is 5.32 Å². The molecule has 3 nitrogen and oxygen atoms in total. The summed E-state index contributed by atoms with van der Waals surface area (Å²) in [6.45, 7) is 0.202. The number of aliphatic hydroxyl groups is 1. The summed E-state index contributed by atoms with van der Waals surface area (Å²) in [6, 6.07) is 17.8. The van der Waals surface area contributed by atoms with Crippen LogP contribution in [-0.2, 0) is 0 Å². The molecule has 4 aromatic rings. The maximum atomic E-state index is 12.3. The van der Waals surface area contributed by atoms with Crippen molar-refractivity contribution in [2.45, 2.75) is 6.10 Å². The van der Waals surface area contributed by atoms with Crippen LogP contribution in [0.5, 0.6) is 0 Å². The molecule has 2 aromatic heterocycles. The predicted molar refractivity (Wildman–Crippen MR) is 101 cm³/mol. The Morgan fingerprint density at radius 3 is 2.67 bits per heavy atom. The first-order valence-electron chi connectivity index (χ1n) is 7.63. The van der Waals surface area contributed by atoms with Crippen LogP contribution >= 0.6 is 22.7 Å². The summed E-state index contributed by atoms with van der Waals surface area (Å²) in [5.41, 5.74) is 0.868. The molecule has 0 bridgehead atoms. The average molecular weight is 353 g/mol. The summed E-state index contributed by atoms with van der Waals surface area (Å²) in [5.74, 6) is -0.144. The molecular weight excluding hydrogens is 338 g/mol. The van der Waals surface area contributed by atoms with Crippen molar-refractivity contribution in [1.82, 2.24) is 5.32 Å². The van der Waals surface area contributed by atoms with Gasteiger partial charge in [-0.25, -0.2) is 0 Å². The quantitative estimate of drug-likeness (QED) is 0.564. The Morgan fingerprint density at radius 2 is 1.83 bits per heavy atom. The van der Waals surface area contributed by atoms with Crippen LogP contribution in [0.4, 0.5) is 0 Å². The van der Waals surface area contributed by atoms with Crippen LogP contribution in [0.2, 0.25) is 0 Å². The maximum absolute atomic E-state index is 12.3. The normalized spacial score (nSPS) is 12.5. The zero-order chi connectivity index (χ0) is 16.5. The highest BCUT2D eigenvalue weighted by Crippen LogP contribution is 2.30. The van der Waals surface area contributed by atoms with Gasteiger partial charge < -0.3 is 10.4 Å². The van der Waals surface area contributed by atoms with Crippen molar-refractivity contribution >= 4 is 48.8 Å². The molecule has 0 aliphatic heterocycles. The van der Waals surface area contributed by atoms with Crippen molar-refractivity contribution in [1.29, 1.82) is 0 Å². The van der Waals surface area contributed by atoms with Crippen molar-refractivity contribution in [3.05, 3.63) is 70.4 Å². The minimum Gasteiger partial charge on any atom is -0.387 e. The van der Waals surface area contributed by atoms with Gasteiger partial charge in [-0.3, -0.25) is 4.79 Å². The van der Waals surface area contributed by atoms with Crippen LogP contribution in [-0.4, -0.2) is 17.6 Å². The number of carbonyl (C=O) groups excluding carboxylic acids is 1. The van der Waals surface area contributed by atoms with Crippen molar-refractivity contribution in [3.8, 4) is 0 Å². The maximum Gasteiger partial charge on any atom is 0.261 e. The molecule has 2 N–H and O–H groups in total. The Hall–Kier alpha value is -2.21.